The number of aliphatic hydroxyl groups is 2. The van der Waals surface area contributed by atoms with Gasteiger partial charge in [0.25, 0.3) is 0 Å². The van der Waals surface area contributed by atoms with Gasteiger partial charge in [0.2, 0.25) is 0 Å². The summed E-state index contributed by atoms with van der Waals surface area (Å²) in [5.41, 5.74) is 2.20. The lowest BCUT2D eigenvalue weighted by Gasteiger charge is -2.21. The molecule has 0 spiro atoms. The molecule has 0 saturated carbocycles. The van der Waals surface area contributed by atoms with Gasteiger partial charge in [-0.2, -0.15) is 0 Å². The molecule has 1 aromatic carbocycles. The fourth-order valence-electron chi connectivity index (χ4n) is 2.12. The molecule has 3 heteroatoms. The Morgan fingerprint density at radius 2 is 1.89 bits per heavy atom. The highest BCUT2D eigenvalue weighted by Gasteiger charge is 2.19. The SMILES string of the molecule is CCCC(O)C(O)CC(C)c1ccc(Cl)c(C)c1. The van der Waals surface area contributed by atoms with E-state index in [1.54, 1.807) is 0 Å². The molecule has 3 unspecified atom stereocenters. The Bertz CT molecular complexity index is 379. The summed E-state index contributed by atoms with van der Waals surface area (Å²) in [6.07, 6.45) is 0.824. The Hall–Kier alpha value is -0.570. The summed E-state index contributed by atoms with van der Waals surface area (Å²) >= 11 is 5.99. The third-order valence-corrected chi connectivity index (χ3v) is 3.80. The average molecular weight is 271 g/mol. The first kappa shape index (κ1) is 15.5. The second kappa shape index (κ2) is 7.13. The fraction of sp³-hybridized carbons (Fsp3) is 0.600. The number of halogens is 1. The van der Waals surface area contributed by atoms with E-state index in [-0.39, 0.29) is 5.92 Å². The van der Waals surface area contributed by atoms with Gasteiger partial charge in [-0.3, -0.25) is 0 Å². The van der Waals surface area contributed by atoms with Gasteiger partial charge in [-0.25, -0.2) is 0 Å². The fourth-order valence-corrected chi connectivity index (χ4v) is 2.24. The van der Waals surface area contributed by atoms with Crippen molar-refractivity contribution in [3.63, 3.8) is 0 Å². The van der Waals surface area contributed by atoms with E-state index in [0.29, 0.717) is 12.8 Å². The van der Waals surface area contributed by atoms with E-state index in [0.717, 1.165) is 22.6 Å². The average Bonchev–Trinajstić information content (AvgIpc) is 2.32. The highest BCUT2D eigenvalue weighted by atomic mass is 35.5. The van der Waals surface area contributed by atoms with Crippen LogP contribution in [0, 0.1) is 6.92 Å². The molecule has 0 bridgehead atoms. The summed E-state index contributed by atoms with van der Waals surface area (Å²) in [4.78, 5) is 0. The molecular weight excluding hydrogens is 248 g/mol. The van der Waals surface area contributed by atoms with Crippen molar-refractivity contribution < 1.29 is 10.2 Å². The van der Waals surface area contributed by atoms with Crippen molar-refractivity contribution in [3.05, 3.63) is 34.3 Å². The van der Waals surface area contributed by atoms with Crippen LogP contribution in [-0.4, -0.2) is 22.4 Å². The molecule has 0 saturated heterocycles. The third kappa shape index (κ3) is 4.27. The molecule has 0 aromatic heterocycles. The summed E-state index contributed by atoms with van der Waals surface area (Å²) in [5.74, 6) is 0.211. The van der Waals surface area contributed by atoms with E-state index in [9.17, 15) is 10.2 Å². The summed E-state index contributed by atoms with van der Waals surface area (Å²) in [5, 5.41) is 20.4. The van der Waals surface area contributed by atoms with Crippen LogP contribution in [0.5, 0.6) is 0 Å². The third-order valence-electron chi connectivity index (χ3n) is 3.37. The van der Waals surface area contributed by atoms with E-state index in [2.05, 4.69) is 6.92 Å². The zero-order valence-corrected chi connectivity index (χ0v) is 12.1. The van der Waals surface area contributed by atoms with Gasteiger partial charge in [-0.15, -0.1) is 0 Å². The van der Waals surface area contributed by atoms with Gasteiger partial charge >= 0.3 is 0 Å². The van der Waals surface area contributed by atoms with Gasteiger partial charge in [0.05, 0.1) is 12.2 Å². The molecule has 0 aliphatic heterocycles. The Balaban J connectivity index is 2.64. The minimum Gasteiger partial charge on any atom is -0.390 e. The van der Waals surface area contributed by atoms with Gasteiger partial charge in [-0.1, -0.05) is 44.0 Å². The minimum atomic E-state index is -0.657. The van der Waals surface area contributed by atoms with Crippen molar-refractivity contribution in [2.45, 2.75) is 58.2 Å². The second-order valence-corrected chi connectivity index (χ2v) is 5.48. The van der Waals surface area contributed by atoms with E-state index in [1.807, 2.05) is 32.0 Å². The summed E-state index contributed by atoms with van der Waals surface area (Å²) in [6, 6.07) is 5.92. The summed E-state index contributed by atoms with van der Waals surface area (Å²) in [6.45, 7) is 6.04. The maximum absolute atomic E-state index is 9.93. The number of aliphatic hydroxyl groups excluding tert-OH is 2. The minimum absolute atomic E-state index is 0.211. The van der Waals surface area contributed by atoms with Crippen molar-refractivity contribution in [3.8, 4) is 0 Å². The van der Waals surface area contributed by atoms with Crippen LogP contribution in [0.15, 0.2) is 18.2 Å². The van der Waals surface area contributed by atoms with Crippen molar-refractivity contribution in [2.75, 3.05) is 0 Å². The second-order valence-electron chi connectivity index (χ2n) is 5.07. The highest BCUT2D eigenvalue weighted by molar-refractivity contribution is 6.31. The van der Waals surface area contributed by atoms with E-state index in [4.69, 9.17) is 11.6 Å². The zero-order chi connectivity index (χ0) is 13.7. The van der Waals surface area contributed by atoms with Gasteiger partial charge in [-0.05, 0) is 42.9 Å². The molecule has 18 heavy (non-hydrogen) atoms. The number of hydrogen-bond acceptors (Lipinski definition) is 2. The molecular formula is C15H23ClO2. The Morgan fingerprint density at radius 1 is 1.22 bits per heavy atom. The maximum atomic E-state index is 9.93. The first-order valence-corrected chi connectivity index (χ1v) is 6.95. The molecule has 102 valence electrons. The van der Waals surface area contributed by atoms with E-state index >= 15 is 0 Å². The van der Waals surface area contributed by atoms with Crippen LogP contribution in [0.25, 0.3) is 0 Å². The highest BCUT2D eigenvalue weighted by Crippen LogP contribution is 2.26. The molecule has 1 rings (SSSR count). The smallest absolute Gasteiger partial charge is 0.0804 e. The van der Waals surface area contributed by atoms with E-state index in [1.165, 1.54) is 0 Å². The summed E-state index contributed by atoms with van der Waals surface area (Å²) < 4.78 is 0. The van der Waals surface area contributed by atoms with Crippen LogP contribution in [0.2, 0.25) is 5.02 Å². The van der Waals surface area contributed by atoms with Crippen LogP contribution in [0.1, 0.15) is 50.2 Å². The Labute approximate surface area is 115 Å². The molecule has 0 fully saturated rings. The Morgan fingerprint density at radius 3 is 2.44 bits per heavy atom. The quantitative estimate of drug-likeness (QED) is 0.828. The van der Waals surface area contributed by atoms with Crippen molar-refractivity contribution in [1.82, 2.24) is 0 Å². The van der Waals surface area contributed by atoms with Gasteiger partial charge in [0, 0.05) is 5.02 Å². The number of benzene rings is 1. The predicted octanol–water partition coefficient (Wildman–Crippen LogP) is 3.66. The molecule has 1 aromatic rings. The number of hydrogen-bond donors (Lipinski definition) is 2. The van der Waals surface area contributed by atoms with Crippen LogP contribution in [-0.2, 0) is 0 Å². The zero-order valence-electron chi connectivity index (χ0n) is 11.4. The number of rotatable bonds is 6. The standard InChI is InChI=1S/C15H23ClO2/c1-4-5-14(17)15(18)9-10(2)12-6-7-13(16)11(3)8-12/h6-8,10,14-15,17-18H,4-5,9H2,1-3H3. The lowest BCUT2D eigenvalue weighted by molar-refractivity contribution is 0.00637. The van der Waals surface area contributed by atoms with E-state index < -0.39 is 12.2 Å². The van der Waals surface area contributed by atoms with Crippen molar-refractivity contribution in [2.24, 2.45) is 0 Å². The van der Waals surface area contributed by atoms with Crippen molar-refractivity contribution >= 4 is 11.6 Å². The van der Waals surface area contributed by atoms with Crippen LogP contribution in [0.4, 0.5) is 0 Å². The number of aryl methyl sites for hydroxylation is 1. The molecule has 0 heterocycles. The summed E-state index contributed by atoms with van der Waals surface area (Å²) in [7, 11) is 0. The maximum Gasteiger partial charge on any atom is 0.0804 e. The van der Waals surface area contributed by atoms with Gasteiger partial charge in [0.1, 0.15) is 0 Å². The normalized spacial score (nSPS) is 16.3. The predicted molar refractivity (Wildman–Crippen MR) is 76.1 cm³/mol. The monoisotopic (exact) mass is 270 g/mol. The lowest BCUT2D eigenvalue weighted by atomic mass is 9.91. The molecule has 0 amide bonds. The molecule has 0 aliphatic carbocycles. The molecule has 3 atom stereocenters. The van der Waals surface area contributed by atoms with Crippen LogP contribution in [0.3, 0.4) is 0 Å². The van der Waals surface area contributed by atoms with Crippen LogP contribution < -0.4 is 0 Å². The topological polar surface area (TPSA) is 40.5 Å². The lowest BCUT2D eigenvalue weighted by Crippen LogP contribution is -2.27. The largest absolute Gasteiger partial charge is 0.390 e. The molecule has 2 nitrogen and oxygen atoms in total. The van der Waals surface area contributed by atoms with Crippen molar-refractivity contribution in [1.29, 1.82) is 0 Å². The first-order chi connectivity index (χ1) is 8.45. The Kier molecular flexibility index (Phi) is 6.13. The van der Waals surface area contributed by atoms with Crippen LogP contribution >= 0.6 is 11.6 Å². The molecule has 0 aliphatic rings. The van der Waals surface area contributed by atoms with Gasteiger partial charge < -0.3 is 10.2 Å². The molecule has 2 N–H and O–H groups in total. The van der Waals surface area contributed by atoms with Gasteiger partial charge in [0.15, 0.2) is 0 Å². The molecule has 0 radical (unpaired) electrons. The first-order valence-electron chi connectivity index (χ1n) is 6.57.